The first kappa shape index (κ1) is 13.1. The first-order valence-electron chi connectivity index (χ1n) is 6.79. The van der Waals surface area contributed by atoms with Gasteiger partial charge in [0.1, 0.15) is 0 Å². The van der Waals surface area contributed by atoms with Gasteiger partial charge in [0.05, 0.1) is 17.1 Å². The Balaban J connectivity index is 2.04. The summed E-state index contributed by atoms with van der Waals surface area (Å²) < 4.78 is 0. The number of carbonyl (C=O) groups is 1. The highest BCUT2D eigenvalue weighted by molar-refractivity contribution is 5.93. The van der Waals surface area contributed by atoms with Crippen molar-refractivity contribution in [2.75, 3.05) is 5.32 Å². The Labute approximate surface area is 109 Å². The molecule has 18 heavy (non-hydrogen) atoms. The van der Waals surface area contributed by atoms with E-state index in [4.69, 9.17) is 0 Å². The summed E-state index contributed by atoms with van der Waals surface area (Å²) in [4.78, 5) is 12.3. The van der Waals surface area contributed by atoms with E-state index >= 15 is 0 Å². The maximum atomic E-state index is 12.3. The van der Waals surface area contributed by atoms with Gasteiger partial charge >= 0.3 is 0 Å². The molecule has 2 unspecified atom stereocenters. The van der Waals surface area contributed by atoms with E-state index < -0.39 is 0 Å². The van der Waals surface area contributed by atoms with E-state index in [-0.39, 0.29) is 11.8 Å². The molecule has 2 atom stereocenters. The molecule has 4 nitrogen and oxygen atoms in total. The van der Waals surface area contributed by atoms with E-state index in [9.17, 15) is 4.79 Å². The molecule has 0 aliphatic heterocycles. The molecule has 1 amide bonds. The summed E-state index contributed by atoms with van der Waals surface area (Å²) in [5.74, 6) is 1.60. The molecule has 0 radical (unpaired) electrons. The van der Waals surface area contributed by atoms with Crippen molar-refractivity contribution in [3.63, 3.8) is 0 Å². The Morgan fingerprint density at radius 3 is 2.33 bits per heavy atom. The lowest BCUT2D eigenvalue weighted by molar-refractivity contribution is -0.121. The van der Waals surface area contributed by atoms with E-state index in [0.29, 0.717) is 11.8 Å². The second kappa shape index (κ2) is 5.12. The molecule has 1 aromatic heterocycles. The number of carbonyl (C=O) groups excluding carboxylic acids is 1. The number of amides is 1. The average molecular weight is 249 g/mol. The van der Waals surface area contributed by atoms with Crippen LogP contribution in [-0.2, 0) is 4.79 Å². The third-order valence-electron chi connectivity index (χ3n) is 3.93. The largest absolute Gasteiger partial charge is 0.323 e. The molecule has 0 aromatic carbocycles. The van der Waals surface area contributed by atoms with Crippen LogP contribution in [0.2, 0.25) is 0 Å². The topological polar surface area (TPSA) is 57.8 Å². The fourth-order valence-electron chi connectivity index (χ4n) is 3.12. The zero-order valence-electron chi connectivity index (χ0n) is 11.7. The van der Waals surface area contributed by atoms with Gasteiger partial charge in [-0.15, -0.1) is 0 Å². The lowest BCUT2D eigenvalue weighted by atomic mass is 9.76. The zero-order valence-corrected chi connectivity index (χ0v) is 11.7. The van der Waals surface area contributed by atoms with E-state index in [1.165, 1.54) is 6.42 Å². The van der Waals surface area contributed by atoms with E-state index in [0.717, 1.165) is 29.9 Å². The van der Waals surface area contributed by atoms with Crippen LogP contribution in [0.3, 0.4) is 0 Å². The van der Waals surface area contributed by atoms with Gasteiger partial charge in [-0.05, 0) is 44.9 Å². The Morgan fingerprint density at radius 1 is 1.22 bits per heavy atom. The average Bonchev–Trinajstić information content (AvgIpc) is 2.59. The molecule has 1 aliphatic rings. The molecule has 0 spiro atoms. The maximum Gasteiger partial charge on any atom is 0.227 e. The Hall–Kier alpha value is -1.32. The molecule has 100 valence electrons. The first-order chi connectivity index (χ1) is 8.47. The number of rotatable bonds is 2. The van der Waals surface area contributed by atoms with Crippen LogP contribution in [0.1, 0.15) is 44.5 Å². The lowest BCUT2D eigenvalue weighted by Gasteiger charge is -2.30. The number of aromatic nitrogens is 2. The van der Waals surface area contributed by atoms with Crippen molar-refractivity contribution in [1.82, 2.24) is 10.2 Å². The maximum absolute atomic E-state index is 12.3. The minimum Gasteiger partial charge on any atom is -0.323 e. The number of hydrogen-bond donors (Lipinski definition) is 2. The number of hydrogen-bond acceptors (Lipinski definition) is 2. The van der Waals surface area contributed by atoms with Gasteiger partial charge in [-0.2, -0.15) is 5.10 Å². The van der Waals surface area contributed by atoms with Crippen LogP contribution in [0.15, 0.2) is 0 Å². The fraction of sp³-hybridized carbons (Fsp3) is 0.714. The Bertz CT molecular complexity index is 409. The Morgan fingerprint density at radius 2 is 1.83 bits per heavy atom. The van der Waals surface area contributed by atoms with Gasteiger partial charge in [-0.3, -0.25) is 9.89 Å². The molecule has 2 rings (SSSR count). The van der Waals surface area contributed by atoms with Gasteiger partial charge in [-0.25, -0.2) is 0 Å². The van der Waals surface area contributed by atoms with Gasteiger partial charge in [0.15, 0.2) is 0 Å². The van der Waals surface area contributed by atoms with Gasteiger partial charge in [0.25, 0.3) is 0 Å². The molecular formula is C14H23N3O. The van der Waals surface area contributed by atoms with Crippen molar-refractivity contribution in [2.45, 2.75) is 47.0 Å². The number of anilines is 1. The number of H-pyrrole nitrogens is 1. The molecule has 1 aliphatic carbocycles. The summed E-state index contributed by atoms with van der Waals surface area (Å²) >= 11 is 0. The molecule has 1 aromatic rings. The van der Waals surface area contributed by atoms with Crippen LogP contribution in [0, 0.1) is 31.6 Å². The molecule has 1 saturated carbocycles. The number of nitrogens with one attached hydrogen (secondary N) is 2. The molecular weight excluding hydrogens is 226 g/mol. The number of nitrogens with zero attached hydrogens (tertiary/aromatic N) is 1. The van der Waals surface area contributed by atoms with Crippen molar-refractivity contribution in [2.24, 2.45) is 17.8 Å². The lowest BCUT2D eigenvalue weighted by Crippen LogP contribution is -2.30. The molecule has 4 heteroatoms. The van der Waals surface area contributed by atoms with Crippen LogP contribution in [0.5, 0.6) is 0 Å². The van der Waals surface area contributed by atoms with E-state index in [1.807, 2.05) is 13.8 Å². The second-order valence-electron chi connectivity index (χ2n) is 5.91. The number of aromatic amines is 1. The fourth-order valence-corrected chi connectivity index (χ4v) is 3.12. The van der Waals surface area contributed by atoms with Crippen molar-refractivity contribution in [1.29, 1.82) is 0 Å². The molecule has 0 bridgehead atoms. The highest BCUT2D eigenvalue weighted by Crippen LogP contribution is 2.33. The minimum atomic E-state index is 0.150. The predicted molar refractivity (Wildman–Crippen MR) is 72.4 cm³/mol. The molecule has 1 heterocycles. The SMILES string of the molecule is Cc1n[nH]c(C)c1NC(=O)C1CC(C)CC(C)C1. The first-order valence-corrected chi connectivity index (χ1v) is 6.79. The van der Waals surface area contributed by atoms with Crippen molar-refractivity contribution < 1.29 is 4.79 Å². The third-order valence-corrected chi connectivity index (χ3v) is 3.93. The van der Waals surface area contributed by atoms with Crippen LogP contribution in [0.4, 0.5) is 5.69 Å². The van der Waals surface area contributed by atoms with Crippen LogP contribution in [-0.4, -0.2) is 16.1 Å². The van der Waals surface area contributed by atoms with Gasteiger partial charge in [0.2, 0.25) is 5.91 Å². The van der Waals surface area contributed by atoms with E-state index in [1.54, 1.807) is 0 Å². The van der Waals surface area contributed by atoms with Gasteiger partial charge < -0.3 is 5.32 Å². The van der Waals surface area contributed by atoms with Crippen LogP contribution < -0.4 is 5.32 Å². The van der Waals surface area contributed by atoms with Crippen molar-refractivity contribution >= 4 is 11.6 Å². The highest BCUT2D eigenvalue weighted by atomic mass is 16.1. The summed E-state index contributed by atoms with van der Waals surface area (Å²) in [6.07, 6.45) is 3.26. The summed E-state index contributed by atoms with van der Waals surface area (Å²) in [6.45, 7) is 8.32. The second-order valence-corrected chi connectivity index (χ2v) is 5.91. The molecule has 2 N–H and O–H groups in total. The van der Waals surface area contributed by atoms with Crippen LogP contribution >= 0.6 is 0 Å². The summed E-state index contributed by atoms with van der Waals surface area (Å²) in [6, 6.07) is 0. The summed E-state index contributed by atoms with van der Waals surface area (Å²) in [5.41, 5.74) is 2.64. The van der Waals surface area contributed by atoms with E-state index in [2.05, 4.69) is 29.4 Å². The quantitative estimate of drug-likeness (QED) is 0.846. The normalized spacial score (nSPS) is 28.1. The minimum absolute atomic E-state index is 0.150. The predicted octanol–water partition coefficient (Wildman–Crippen LogP) is 3.04. The summed E-state index contributed by atoms with van der Waals surface area (Å²) in [7, 11) is 0. The monoisotopic (exact) mass is 249 g/mol. The van der Waals surface area contributed by atoms with Gasteiger partial charge in [-0.1, -0.05) is 13.8 Å². The van der Waals surface area contributed by atoms with Crippen molar-refractivity contribution in [3.05, 3.63) is 11.4 Å². The Kier molecular flexibility index (Phi) is 3.73. The zero-order chi connectivity index (χ0) is 13.3. The van der Waals surface area contributed by atoms with Crippen LogP contribution in [0.25, 0.3) is 0 Å². The smallest absolute Gasteiger partial charge is 0.227 e. The van der Waals surface area contributed by atoms with Crippen molar-refractivity contribution in [3.8, 4) is 0 Å². The van der Waals surface area contributed by atoms with Gasteiger partial charge in [0, 0.05) is 5.92 Å². The molecule has 0 saturated heterocycles. The standard InChI is InChI=1S/C14H23N3O/c1-8-5-9(2)7-12(6-8)14(18)15-13-10(3)16-17-11(13)4/h8-9,12H,5-7H2,1-4H3,(H,15,18)(H,16,17). The summed E-state index contributed by atoms with van der Waals surface area (Å²) in [5, 5.41) is 10.0. The third kappa shape index (κ3) is 2.74. The molecule has 1 fully saturated rings. The highest BCUT2D eigenvalue weighted by Gasteiger charge is 2.29. The number of aryl methyl sites for hydroxylation is 2.